The van der Waals surface area contributed by atoms with E-state index in [2.05, 4.69) is 16.9 Å². The van der Waals surface area contributed by atoms with Gasteiger partial charge >= 0.3 is 0 Å². The zero-order valence-corrected chi connectivity index (χ0v) is 13.1. The molecule has 0 aliphatic heterocycles. The number of rotatable bonds is 7. The van der Waals surface area contributed by atoms with Gasteiger partial charge in [-0.15, -0.1) is 0 Å². The van der Waals surface area contributed by atoms with Crippen LogP contribution in [0.4, 0.5) is 0 Å². The number of methoxy groups -OCH3 is 1. The monoisotopic (exact) mass is 306 g/mol. The van der Waals surface area contributed by atoms with E-state index in [4.69, 9.17) is 21.1 Å². The molecule has 0 N–H and O–H groups in total. The van der Waals surface area contributed by atoms with Crippen molar-refractivity contribution < 1.29 is 9.47 Å². The fourth-order valence-electron chi connectivity index (χ4n) is 1.98. The lowest BCUT2D eigenvalue weighted by Crippen LogP contribution is -1.98. The standard InChI is InChI=1S/C16H19ClN2O2/c1-3-4-14-15(17)18-11-19-16(14)21-13-7-5-12(6-8-13)9-10-20-2/h5-8,11H,3-4,9-10H2,1-2H3. The number of halogens is 1. The molecule has 1 heterocycles. The van der Waals surface area contributed by atoms with Gasteiger partial charge in [-0.3, -0.25) is 0 Å². The van der Waals surface area contributed by atoms with Gasteiger partial charge in [0.15, 0.2) is 0 Å². The van der Waals surface area contributed by atoms with Gasteiger partial charge in [0.05, 0.1) is 12.2 Å². The van der Waals surface area contributed by atoms with Crippen LogP contribution in [0.5, 0.6) is 11.6 Å². The molecule has 1 aromatic heterocycles. The molecule has 0 aliphatic carbocycles. The first-order chi connectivity index (χ1) is 10.2. The molecule has 0 radical (unpaired) electrons. The molecule has 5 heteroatoms. The molecule has 112 valence electrons. The van der Waals surface area contributed by atoms with Crippen LogP contribution >= 0.6 is 11.6 Å². The molecule has 0 bridgehead atoms. The molecule has 1 aromatic carbocycles. The highest BCUT2D eigenvalue weighted by atomic mass is 35.5. The van der Waals surface area contributed by atoms with Gasteiger partial charge < -0.3 is 9.47 Å². The fourth-order valence-corrected chi connectivity index (χ4v) is 2.20. The predicted octanol–water partition coefficient (Wildman–Crippen LogP) is 4.06. The molecule has 0 fully saturated rings. The summed E-state index contributed by atoms with van der Waals surface area (Å²) in [6.45, 7) is 2.79. The van der Waals surface area contributed by atoms with Crippen molar-refractivity contribution in [1.29, 1.82) is 0 Å². The molecular formula is C16H19ClN2O2. The molecule has 0 saturated carbocycles. The van der Waals surface area contributed by atoms with Crippen molar-refractivity contribution in [2.45, 2.75) is 26.2 Å². The van der Waals surface area contributed by atoms with Gasteiger partial charge in [-0.2, -0.15) is 0 Å². The summed E-state index contributed by atoms with van der Waals surface area (Å²) in [5.74, 6) is 1.27. The third kappa shape index (κ3) is 4.41. The lowest BCUT2D eigenvalue weighted by Gasteiger charge is -2.10. The Balaban J connectivity index is 2.12. The largest absolute Gasteiger partial charge is 0.439 e. The number of hydrogen-bond donors (Lipinski definition) is 0. The second kappa shape index (κ2) is 7.96. The van der Waals surface area contributed by atoms with Gasteiger partial charge in [0, 0.05) is 7.11 Å². The fraction of sp³-hybridized carbons (Fsp3) is 0.375. The van der Waals surface area contributed by atoms with Crippen LogP contribution in [0, 0.1) is 0 Å². The maximum absolute atomic E-state index is 6.11. The first-order valence-corrected chi connectivity index (χ1v) is 7.37. The van der Waals surface area contributed by atoms with E-state index in [1.54, 1.807) is 7.11 Å². The van der Waals surface area contributed by atoms with Crippen molar-refractivity contribution in [3.05, 3.63) is 46.9 Å². The topological polar surface area (TPSA) is 44.2 Å². The summed E-state index contributed by atoms with van der Waals surface area (Å²) in [6.07, 6.45) is 4.06. The van der Waals surface area contributed by atoms with Gasteiger partial charge in [-0.25, -0.2) is 9.97 Å². The van der Waals surface area contributed by atoms with Crippen molar-refractivity contribution in [2.75, 3.05) is 13.7 Å². The van der Waals surface area contributed by atoms with Gasteiger partial charge in [-0.05, 0) is 30.5 Å². The Hall–Kier alpha value is -1.65. The molecule has 0 atom stereocenters. The molecule has 0 aliphatic rings. The summed E-state index contributed by atoms with van der Waals surface area (Å²) >= 11 is 6.11. The van der Waals surface area contributed by atoms with Crippen LogP contribution < -0.4 is 4.74 Å². The third-order valence-corrected chi connectivity index (χ3v) is 3.41. The maximum Gasteiger partial charge on any atom is 0.226 e. The molecule has 21 heavy (non-hydrogen) atoms. The Bertz CT molecular complexity index is 573. The first kappa shape index (κ1) is 15.7. The molecular weight excluding hydrogens is 288 g/mol. The highest BCUT2D eigenvalue weighted by Crippen LogP contribution is 2.28. The molecule has 0 spiro atoms. The minimum absolute atomic E-state index is 0.457. The third-order valence-electron chi connectivity index (χ3n) is 3.09. The maximum atomic E-state index is 6.11. The second-order valence-electron chi connectivity index (χ2n) is 4.69. The SMILES string of the molecule is CCCc1c(Cl)ncnc1Oc1ccc(CCOC)cc1. The van der Waals surface area contributed by atoms with E-state index >= 15 is 0 Å². The van der Waals surface area contributed by atoms with Crippen molar-refractivity contribution >= 4 is 11.6 Å². The number of hydrogen-bond acceptors (Lipinski definition) is 4. The molecule has 4 nitrogen and oxygen atoms in total. The summed E-state index contributed by atoms with van der Waals surface area (Å²) in [7, 11) is 1.70. The summed E-state index contributed by atoms with van der Waals surface area (Å²) < 4.78 is 10.9. The Kier molecular flexibility index (Phi) is 5.96. The molecule has 0 amide bonds. The number of aromatic nitrogens is 2. The smallest absolute Gasteiger partial charge is 0.226 e. The quantitative estimate of drug-likeness (QED) is 0.723. The van der Waals surface area contributed by atoms with Crippen molar-refractivity contribution in [2.24, 2.45) is 0 Å². The number of nitrogens with zero attached hydrogens (tertiary/aromatic N) is 2. The average Bonchev–Trinajstić information content (AvgIpc) is 2.50. The average molecular weight is 307 g/mol. The van der Waals surface area contributed by atoms with Crippen LogP contribution in [0.25, 0.3) is 0 Å². The number of benzene rings is 1. The Morgan fingerprint density at radius 3 is 2.52 bits per heavy atom. The summed E-state index contributed by atoms with van der Waals surface area (Å²) in [4.78, 5) is 8.20. The summed E-state index contributed by atoms with van der Waals surface area (Å²) in [5.41, 5.74) is 2.06. The van der Waals surface area contributed by atoms with Crippen LogP contribution in [-0.2, 0) is 17.6 Å². The lowest BCUT2D eigenvalue weighted by atomic mass is 10.1. The second-order valence-corrected chi connectivity index (χ2v) is 5.05. The van der Waals surface area contributed by atoms with Crippen LogP contribution in [0.3, 0.4) is 0 Å². The minimum Gasteiger partial charge on any atom is -0.439 e. The first-order valence-electron chi connectivity index (χ1n) is 6.99. The normalized spacial score (nSPS) is 10.6. The van der Waals surface area contributed by atoms with Crippen molar-refractivity contribution in [1.82, 2.24) is 9.97 Å². The highest BCUT2D eigenvalue weighted by Gasteiger charge is 2.11. The molecule has 0 saturated heterocycles. The van der Waals surface area contributed by atoms with E-state index in [0.29, 0.717) is 17.6 Å². The van der Waals surface area contributed by atoms with E-state index in [-0.39, 0.29) is 0 Å². The van der Waals surface area contributed by atoms with E-state index in [0.717, 1.165) is 30.6 Å². The minimum atomic E-state index is 0.457. The zero-order chi connectivity index (χ0) is 15.1. The van der Waals surface area contributed by atoms with Crippen LogP contribution in [0.15, 0.2) is 30.6 Å². The Morgan fingerprint density at radius 1 is 1.10 bits per heavy atom. The Labute approximate surface area is 130 Å². The molecule has 2 aromatic rings. The van der Waals surface area contributed by atoms with Gasteiger partial charge in [0.2, 0.25) is 5.88 Å². The predicted molar refractivity (Wildman–Crippen MR) is 83.1 cm³/mol. The van der Waals surface area contributed by atoms with E-state index < -0.39 is 0 Å². The van der Waals surface area contributed by atoms with Gasteiger partial charge in [0.1, 0.15) is 17.2 Å². The van der Waals surface area contributed by atoms with Crippen LogP contribution in [-0.4, -0.2) is 23.7 Å². The molecule has 0 unspecified atom stereocenters. The lowest BCUT2D eigenvalue weighted by molar-refractivity contribution is 0.202. The molecule has 2 rings (SSSR count). The summed E-state index contributed by atoms with van der Waals surface area (Å²) in [5, 5.41) is 0.457. The highest BCUT2D eigenvalue weighted by molar-refractivity contribution is 6.30. The van der Waals surface area contributed by atoms with Crippen LogP contribution in [0.1, 0.15) is 24.5 Å². The van der Waals surface area contributed by atoms with E-state index in [1.807, 2.05) is 24.3 Å². The zero-order valence-electron chi connectivity index (χ0n) is 12.3. The van der Waals surface area contributed by atoms with Gasteiger partial charge in [0.25, 0.3) is 0 Å². The summed E-state index contributed by atoms with van der Waals surface area (Å²) in [6, 6.07) is 7.90. The van der Waals surface area contributed by atoms with E-state index in [9.17, 15) is 0 Å². The van der Waals surface area contributed by atoms with Crippen molar-refractivity contribution in [3.63, 3.8) is 0 Å². The van der Waals surface area contributed by atoms with Crippen LogP contribution in [0.2, 0.25) is 5.15 Å². The van der Waals surface area contributed by atoms with E-state index in [1.165, 1.54) is 11.9 Å². The van der Waals surface area contributed by atoms with Gasteiger partial charge in [-0.1, -0.05) is 37.1 Å². The van der Waals surface area contributed by atoms with Crippen molar-refractivity contribution in [3.8, 4) is 11.6 Å². The number of ether oxygens (including phenoxy) is 2. The Morgan fingerprint density at radius 2 is 1.86 bits per heavy atom.